The van der Waals surface area contributed by atoms with E-state index in [4.69, 9.17) is 23.2 Å². The van der Waals surface area contributed by atoms with Crippen LogP contribution in [0.5, 0.6) is 0 Å². The molecule has 0 saturated carbocycles. The molecule has 1 N–H and O–H groups in total. The van der Waals surface area contributed by atoms with Crippen molar-refractivity contribution in [2.45, 2.75) is 13.0 Å². The molecule has 1 aromatic heterocycles. The molecule has 0 radical (unpaired) electrons. The summed E-state index contributed by atoms with van der Waals surface area (Å²) in [5.74, 6) is 0. The van der Waals surface area contributed by atoms with E-state index in [-0.39, 0.29) is 6.04 Å². The maximum atomic E-state index is 6.00. The maximum Gasteiger partial charge on any atom is 0.0799 e. The first-order valence-corrected chi connectivity index (χ1v) is 5.11. The number of likely N-dealkylation sites (N-methyl/N-ethyl adjacent to an activating group) is 1. The number of nitrogens with one attached hydrogen (secondary N) is 1. The van der Waals surface area contributed by atoms with Crippen LogP contribution >= 0.6 is 23.2 Å². The van der Waals surface area contributed by atoms with E-state index in [1.807, 2.05) is 6.92 Å². The molecule has 0 fully saturated rings. The van der Waals surface area contributed by atoms with Gasteiger partial charge in [0.05, 0.1) is 21.8 Å². The standard InChI is InChI=1S/C10H12Cl2N2/c1-3-9(13-4-2)10-8(12)5-7(11)6-14-10/h3,5-6,9,13H,1,4H2,2H3. The summed E-state index contributed by atoms with van der Waals surface area (Å²) in [6.45, 7) is 6.57. The number of pyridine rings is 1. The van der Waals surface area contributed by atoms with Crippen molar-refractivity contribution in [3.05, 3.63) is 40.7 Å². The lowest BCUT2D eigenvalue weighted by atomic mass is 10.2. The second kappa shape index (κ2) is 5.35. The van der Waals surface area contributed by atoms with Crippen molar-refractivity contribution in [3.63, 3.8) is 0 Å². The topological polar surface area (TPSA) is 24.9 Å². The van der Waals surface area contributed by atoms with Gasteiger partial charge in [0, 0.05) is 6.20 Å². The van der Waals surface area contributed by atoms with E-state index in [1.54, 1.807) is 18.3 Å². The third kappa shape index (κ3) is 2.71. The number of aromatic nitrogens is 1. The van der Waals surface area contributed by atoms with Gasteiger partial charge in [0.25, 0.3) is 0 Å². The first-order valence-electron chi connectivity index (χ1n) is 4.36. The highest BCUT2D eigenvalue weighted by Gasteiger charge is 2.11. The second-order valence-electron chi connectivity index (χ2n) is 2.79. The highest BCUT2D eigenvalue weighted by Crippen LogP contribution is 2.24. The molecule has 0 bridgehead atoms. The summed E-state index contributed by atoms with van der Waals surface area (Å²) in [6.07, 6.45) is 3.35. The summed E-state index contributed by atoms with van der Waals surface area (Å²) in [4.78, 5) is 4.17. The van der Waals surface area contributed by atoms with Gasteiger partial charge in [0.2, 0.25) is 0 Å². The van der Waals surface area contributed by atoms with E-state index in [0.29, 0.717) is 10.0 Å². The van der Waals surface area contributed by atoms with Crippen molar-refractivity contribution in [1.29, 1.82) is 0 Å². The predicted octanol–water partition coefficient (Wildman–Crippen LogP) is 3.23. The van der Waals surface area contributed by atoms with Crippen molar-refractivity contribution in [2.24, 2.45) is 0 Å². The third-order valence-corrected chi connectivity index (χ3v) is 2.30. The van der Waals surface area contributed by atoms with Crippen LogP contribution in [0.25, 0.3) is 0 Å². The largest absolute Gasteiger partial charge is 0.306 e. The molecule has 2 nitrogen and oxygen atoms in total. The van der Waals surface area contributed by atoms with Crippen LogP contribution in [0.3, 0.4) is 0 Å². The van der Waals surface area contributed by atoms with Crippen molar-refractivity contribution in [3.8, 4) is 0 Å². The molecule has 0 aliphatic rings. The van der Waals surface area contributed by atoms with Crippen molar-refractivity contribution in [1.82, 2.24) is 10.3 Å². The summed E-state index contributed by atoms with van der Waals surface area (Å²) < 4.78 is 0. The SMILES string of the molecule is C=CC(NCC)c1ncc(Cl)cc1Cl. The average Bonchev–Trinajstić information content (AvgIpc) is 2.15. The zero-order valence-corrected chi connectivity index (χ0v) is 9.44. The van der Waals surface area contributed by atoms with Gasteiger partial charge in [-0.15, -0.1) is 6.58 Å². The Morgan fingerprint density at radius 2 is 2.36 bits per heavy atom. The molecule has 0 aliphatic heterocycles. The van der Waals surface area contributed by atoms with Crippen LogP contribution in [-0.2, 0) is 0 Å². The van der Waals surface area contributed by atoms with Crippen LogP contribution in [0.4, 0.5) is 0 Å². The van der Waals surface area contributed by atoms with Gasteiger partial charge >= 0.3 is 0 Å². The van der Waals surface area contributed by atoms with Crippen molar-refractivity contribution in [2.75, 3.05) is 6.54 Å². The lowest BCUT2D eigenvalue weighted by Gasteiger charge is -2.13. The molecule has 4 heteroatoms. The van der Waals surface area contributed by atoms with Gasteiger partial charge in [-0.1, -0.05) is 36.2 Å². The molecule has 14 heavy (non-hydrogen) atoms. The Kier molecular flexibility index (Phi) is 4.39. The quantitative estimate of drug-likeness (QED) is 0.804. The first-order chi connectivity index (χ1) is 6.69. The molecule has 0 aliphatic carbocycles. The minimum Gasteiger partial charge on any atom is -0.306 e. The predicted molar refractivity (Wildman–Crippen MR) is 60.9 cm³/mol. The van der Waals surface area contributed by atoms with Gasteiger partial charge in [0.1, 0.15) is 0 Å². The average molecular weight is 231 g/mol. The minimum atomic E-state index is -0.0234. The van der Waals surface area contributed by atoms with E-state index in [1.165, 1.54) is 0 Å². The van der Waals surface area contributed by atoms with Gasteiger partial charge < -0.3 is 5.32 Å². The molecule has 0 saturated heterocycles. The normalized spacial score (nSPS) is 12.5. The van der Waals surface area contributed by atoms with E-state index in [0.717, 1.165) is 12.2 Å². The molecule has 1 heterocycles. The van der Waals surface area contributed by atoms with E-state index >= 15 is 0 Å². The molecule has 1 rings (SSSR count). The summed E-state index contributed by atoms with van der Waals surface area (Å²) >= 11 is 11.8. The van der Waals surface area contributed by atoms with Crippen LogP contribution in [0.1, 0.15) is 18.7 Å². The van der Waals surface area contributed by atoms with Gasteiger partial charge in [0.15, 0.2) is 0 Å². The van der Waals surface area contributed by atoms with Crippen LogP contribution in [0.15, 0.2) is 24.9 Å². The summed E-state index contributed by atoms with van der Waals surface area (Å²) in [5, 5.41) is 4.30. The third-order valence-electron chi connectivity index (χ3n) is 1.79. The molecule has 76 valence electrons. The van der Waals surface area contributed by atoms with Gasteiger partial charge in [-0.3, -0.25) is 4.98 Å². The van der Waals surface area contributed by atoms with Crippen LogP contribution in [0, 0.1) is 0 Å². The zero-order chi connectivity index (χ0) is 10.6. The second-order valence-corrected chi connectivity index (χ2v) is 3.64. The first kappa shape index (κ1) is 11.5. The highest BCUT2D eigenvalue weighted by atomic mass is 35.5. The molecule has 0 aromatic carbocycles. The summed E-state index contributed by atoms with van der Waals surface area (Å²) in [5.41, 5.74) is 0.757. The fraction of sp³-hybridized carbons (Fsp3) is 0.300. The Bertz CT molecular complexity index is 326. The van der Waals surface area contributed by atoms with Crippen LogP contribution < -0.4 is 5.32 Å². The lowest BCUT2D eigenvalue weighted by Crippen LogP contribution is -2.20. The molecule has 1 unspecified atom stereocenters. The molecule has 1 aromatic rings. The van der Waals surface area contributed by atoms with Gasteiger partial charge in [-0.05, 0) is 12.6 Å². The number of nitrogens with zero attached hydrogens (tertiary/aromatic N) is 1. The molecule has 0 amide bonds. The summed E-state index contributed by atoms with van der Waals surface area (Å²) in [7, 11) is 0. The van der Waals surface area contributed by atoms with E-state index in [9.17, 15) is 0 Å². The Labute approximate surface area is 93.9 Å². The number of hydrogen-bond acceptors (Lipinski definition) is 2. The highest BCUT2D eigenvalue weighted by molar-refractivity contribution is 6.34. The summed E-state index contributed by atoms with van der Waals surface area (Å²) in [6, 6.07) is 1.66. The van der Waals surface area contributed by atoms with Crippen LogP contribution in [-0.4, -0.2) is 11.5 Å². The van der Waals surface area contributed by atoms with E-state index in [2.05, 4.69) is 16.9 Å². The minimum absolute atomic E-state index is 0.0234. The number of rotatable bonds is 4. The zero-order valence-electron chi connectivity index (χ0n) is 7.93. The molecule has 1 atom stereocenters. The molecular weight excluding hydrogens is 219 g/mol. The fourth-order valence-electron chi connectivity index (χ4n) is 1.17. The molecular formula is C10H12Cl2N2. The number of hydrogen-bond donors (Lipinski definition) is 1. The Morgan fingerprint density at radius 1 is 1.64 bits per heavy atom. The lowest BCUT2D eigenvalue weighted by molar-refractivity contribution is 0.634. The van der Waals surface area contributed by atoms with Crippen molar-refractivity contribution < 1.29 is 0 Å². The van der Waals surface area contributed by atoms with Gasteiger partial charge in [-0.25, -0.2) is 0 Å². The maximum absolute atomic E-state index is 6.00. The Morgan fingerprint density at radius 3 is 2.86 bits per heavy atom. The smallest absolute Gasteiger partial charge is 0.0799 e. The van der Waals surface area contributed by atoms with Gasteiger partial charge in [-0.2, -0.15) is 0 Å². The molecule has 0 spiro atoms. The Hall–Kier alpha value is -0.570. The van der Waals surface area contributed by atoms with Crippen molar-refractivity contribution >= 4 is 23.2 Å². The van der Waals surface area contributed by atoms with Crippen LogP contribution in [0.2, 0.25) is 10.0 Å². The monoisotopic (exact) mass is 230 g/mol. The van der Waals surface area contributed by atoms with E-state index < -0.39 is 0 Å². The fourth-order valence-corrected chi connectivity index (χ4v) is 1.66. The Balaban J connectivity index is 2.98. The number of halogens is 2.